The van der Waals surface area contributed by atoms with Gasteiger partial charge in [-0.25, -0.2) is 0 Å². The lowest BCUT2D eigenvalue weighted by Crippen LogP contribution is -2.17. The first kappa shape index (κ1) is 16.7. The molecule has 0 fully saturated rings. The van der Waals surface area contributed by atoms with E-state index < -0.39 is 23.9 Å². The number of hydrogen-bond donors (Lipinski definition) is 0. The van der Waals surface area contributed by atoms with Gasteiger partial charge in [-0.05, 0) is 35.4 Å². The molecular formula is C14H7BrF6O. The van der Waals surface area contributed by atoms with Crippen molar-refractivity contribution in [3.63, 3.8) is 0 Å². The Morgan fingerprint density at radius 3 is 1.91 bits per heavy atom. The molecule has 2 rings (SSSR count). The van der Waals surface area contributed by atoms with Crippen molar-refractivity contribution in [2.45, 2.75) is 12.5 Å². The van der Waals surface area contributed by atoms with Crippen molar-refractivity contribution in [3.8, 4) is 16.9 Å². The van der Waals surface area contributed by atoms with Crippen molar-refractivity contribution in [1.29, 1.82) is 0 Å². The van der Waals surface area contributed by atoms with E-state index in [9.17, 15) is 26.3 Å². The Morgan fingerprint density at radius 1 is 0.818 bits per heavy atom. The fourth-order valence-corrected chi connectivity index (χ4v) is 2.20. The minimum atomic E-state index is -4.85. The molecule has 0 saturated carbocycles. The standard InChI is InChI=1S/C14H7BrF6O/c15-9-3-6-11(12(7-9)13(16,17)18)8-1-4-10(5-2-8)22-14(19,20)21/h1-7H. The maximum Gasteiger partial charge on any atom is 0.573 e. The van der Waals surface area contributed by atoms with Crippen LogP contribution in [-0.2, 0) is 6.18 Å². The third-order valence-corrected chi connectivity index (χ3v) is 3.18. The molecule has 0 aliphatic heterocycles. The van der Waals surface area contributed by atoms with Gasteiger partial charge in [-0.1, -0.05) is 34.1 Å². The zero-order valence-electron chi connectivity index (χ0n) is 10.6. The van der Waals surface area contributed by atoms with Gasteiger partial charge in [-0.2, -0.15) is 13.2 Å². The molecule has 118 valence electrons. The van der Waals surface area contributed by atoms with Crippen LogP contribution in [-0.4, -0.2) is 6.36 Å². The number of halogens is 7. The summed E-state index contributed by atoms with van der Waals surface area (Å²) in [5, 5.41) is 0. The molecule has 0 bridgehead atoms. The maximum atomic E-state index is 13.0. The van der Waals surface area contributed by atoms with Crippen LogP contribution in [0.15, 0.2) is 46.9 Å². The summed E-state index contributed by atoms with van der Waals surface area (Å²) in [5.74, 6) is -0.498. The molecule has 0 aliphatic carbocycles. The maximum absolute atomic E-state index is 13.0. The van der Waals surface area contributed by atoms with Gasteiger partial charge in [0.05, 0.1) is 5.56 Å². The Labute approximate surface area is 129 Å². The Balaban J connectivity index is 2.41. The average molecular weight is 385 g/mol. The SMILES string of the molecule is FC(F)(F)Oc1ccc(-c2ccc(Br)cc2C(F)(F)F)cc1. The molecule has 0 radical (unpaired) electrons. The van der Waals surface area contributed by atoms with Gasteiger partial charge in [-0.3, -0.25) is 0 Å². The van der Waals surface area contributed by atoms with E-state index >= 15 is 0 Å². The lowest BCUT2D eigenvalue weighted by atomic mass is 9.99. The van der Waals surface area contributed by atoms with Crippen molar-refractivity contribution in [1.82, 2.24) is 0 Å². The number of benzene rings is 2. The second-order valence-electron chi connectivity index (χ2n) is 4.26. The summed E-state index contributed by atoms with van der Waals surface area (Å²) in [6.45, 7) is 0. The Bertz CT molecular complexity index is 661. The molecule has 2 aromatic rings. The molecule has 0 spiro atoms. The second-order valence-corrected chi connectivity index (χ2v) is 5.18. The molecule has 0 saturated heterocycles. The van der Waals surface area contributed by atoms with E-state index in [4.69, 9.17) is 0 Å². The van der Waals surface area contributed by atoms with Crippen molar-refractivity contribution < 1.29 is 31.1 Å². The molecule has 0 unspecified atom stereocenters. The molecule has 0 atom stereocenters. The van der Waals surface area contributed by atoms with Gasteiger partial charge in [0.25, 0.3) is 0 Å². The first-order valence-corrected chi connectivity index (χ1v) is 6.58. The summed E-state index contributed by atoms with van der Waals surface area (Å²) in [7, 11) is 0. The van der Waals surface area contributed by atoms with E-state index in [1.54, 1.807) is 0 Å². The van der Waals surface area contributed by atoms with Crippen LogP contribution in [0, 0.1) is 0 Å². The molecular weight excluding hydrogens is 378 g/mol. The number of rotatable bonds is 2. The van der Waals surface area contributed by atoms with Crippen LogP contribution in [0.3, 0.4) is 0 Å². The van der Waals surface area contributed by atoms with Gasteiger partial charge in [0, 0.05) is 4.47 Å². The molecule has 0 N–H and O–H groups in total. The van der Waals surface area contributed by atoms with Gasteiger partial charge in [-0.15, -0.1) is 13.2 Å². The fraction of sp³-hybridized carbons (Fsp3) is 0.143. The zero-order chi connectivity index (χ0) is 16.5. The van der Waals surface area contributed by atoms with E-state index in [0.29, 0.717) is 0 Å². The Kier molecular flexibility index (Phi) is 4.42. The van der Waals surface area contributed by atoms with Crippen LogP contribution < -0.4 is 4.74 Å². The Hall–Kier alpha value is -1.70. The van der Waals surface area contributed by atoms with Gasteiger partial charge in [0.2, 0.25) is 0 Å². The Morgan fingerprint density at radius 2 is 1.41 bits per heavy atom. The lowest BCUT2D eigenvalue weighted by Gasteiger charge is -2.14. The normalized spacial score (nSPS) is 12.3. The minimum absolute atomic E-state index is 0.130. The quantitative estimate of drug-likeness (QED) is 0.574. The molecule has 8 heteroatoms. The van der Waals surface area contributed by atoms with Crippen LogP contribution >= 0.6 is 15.9 Å². The third kappa shape index (κ3) is 4.16. The molecule has 22 heavy (non-hydrogen) atoms. The van der Waals surface area contributed by atoms with Gasteiger partial charge >= 0.3 is 12.5 Å². The largest absolute Gasteiger partial charge is 0.573 e. The van der Waals surface area contributed by atoms with Crippen LogP contribution in [0.25, 0.3) is 11.1 Å². The summed E-state index contributed by atoms with van der Waals surface area (Å²) in [6, 6.07) is 7.78. The van der Waals surface area contributed by atoms with E-state index in [1.165, 1.54) is 12.1 Å². The first-order chi connectivity index (χ1) is 10.1. The van der Waals surface area contributed by atoms with Crippen molar-refractivity contribution >= 4 is 15.9 Å². The topological polar surface area (TPSA) is 9.23 Å². The number of ether oxygens (including phenoxy) is 1. The highest BCUT2D eigenvalue weighted by molar-refractivity contribution is 9.10. The van der Waals surface area contributed by atoms with Gasteiger partial charge in [0.1, 0.15) is 5.75 Å². The zero-order valence-corrected chi connectivity index (χ0v) is 12.2. The molecule has 0 aliphatic rings. The van der Waals surface area contributed by atoms with Crippen molar-refractivity contribution in [3.05, 3.63) is 52.5 Å². The fourth-order valence-electron chi connectivity index (χ4n) is 1.84. The molecule has 2 aromatic carbocycles. The van der Waals surface area contributed by atoms with Crippen LogP contribution in [0.4, 0.5) is 26.3 Å². The summed E-state index contributed by atoms with van der Waals surface area (Å²) < 4.78 is 79.2. The highest BCUT2D eigenvalue weighted by atomic mass is 79.9. The molecule has 1 nitrogen and oxygen atoms in total. The van der Waals surface area contributed by atoms with Gasteiger partial charge in [0.15, 0.2) is 0 Å². The first-order valence-electron chi connectivity index (χ1n) is 5.79. The molecule has 0 heterocycles. The van der Waals surface area contributed by atoms with Crippen LogP contribution in [0.5, 0.6) is 5.75 Å². The van der Waals surface area contributed by atoms with Crippen LogP contribution in [0.1, 0.15) is 5.56 Å². The van der Waals surface area contributed by atoms with E-state index in [1.807, 2.05) is 0 Å². The van der Waals surface area contributed by atoms with Crippen molar-refractivity contribution in [2.75, 3.05) is 0 Å². The monoisotopic (exact) mass is 384 g/mol. The van der Waals surface area contributed by atoms with Gasteiger partial charge < -0.3 is 4.74 Å². The molecule has 0 aromatic heterocycles. The number of hydrogen-bond acceptors (Lipinski definition) is 1. The van der Waals surface area contributed by atoms with E-state index in [-0.39, 0.29) is 15.6 Å². The summed E-state index contributed by atoms with van der Waals surface area (Å²) in [6.07, 6.45) is -9.43. The van der Waals surface area contributed by atoms with Crippen molar-refractivity contribution in [2.24, 2.45) is 0 Å². The van der Waals surface area contributed by atoms with Crippen LogP contribution in [0.2, 0.25) is 0 Å². The average Bonchev–Trinajstić information content (AvgIpc) is 2.37. The summed E-state index contributed by atoms with van der Waals surface area (Å²) >= 11 is 2.96. The lowest BCUT2D eigenvalue weighted by molar-refractivity contribution is -0.274. The second kappa shape index (κ2) is 5.83. The summed E-state index contributed by atoms with van der Waals surface area (Å²) in [4.78, 5) is 0. The van der Waals surface area contributed by atoms with E-state index in [2.05, 4.69) is 20.7 Å². The highest BCUT2D eigenvalue weighted by Gasteiger charge is 2.34. The predicted octanol–water partition coefficient (Wildman–Crippen LogP) is 6.03. The minimum Gasteiger partial charge on any atom is -0.406 e. The predicted molar refractivity (Wildman–Crippen MR) is 71.3 cm³/mol. The number of alkyl halides is 6. The van der Waals surface area contributed by atoms with E-state index in [0.717, 1.165) is 30.3 Å². The molecule has 0 amide bonds. The highest BCUT2D eigenvalue weighted by Crippen LogP contribution is 2.39. The third-order valence-electron chi connectivity index (χ3n) is 2.69. The smallest absolute Gasteiger partial charge is 0.406 e. The summed E-state index contributed by atoms with van der Waals surface area (Å²) in [5.41, 5.74) is -0.880.